The first-order valence-corrected chi connectivity index (χ1v) is 11.4. The van der Waals surface area contributed by atoms with Gasteiger partial charge in [-0.15, -0.1) is 0 Å². The largest absolute Gasteiger partial charge is 0.466 e. The van der Waals surface area contributed by atoms with Crippen LogP contribution in [0.15, 0.2) is 46.9 Å². The van der Waals surface area contributed by atoms with Crippen molar-refractivity contribution < 1.29 is 23.6 Å². The van der Waals surface area contributed by atoms with Crippen LogP contribution in [0.25, 0.3) is 0 Å². The van der Waals surface area contributed by atoms with Gasteiger partial charge in [-0.1, -0.05) is 37.3 Å². The minimum absolute atomic E-state index is 0.115. The van der Waals surface area contributed by atoms with Gasteiger partial charge in [0.05, 0.1) is 32.7 Å². The molecule has 1 atom stereocenters. The van der Waals surface area contributed by atoms with Crippen LogP contribution in [0.5, 0.6) is 0 Å². The average molecular weight is 430 g/mol. The Kier molecular flexibility index (Phi) is 10.9. The number of carbonyl (C=O) groups excluding carboxylic acids is 2. The molecular formula is C25H37N2O4+. The Morgan fingerprint density at radius 3 is 2.48 bits per heavy atom. The Bertz CT molecular complexity index is 788. The van der Waals surface area contributed by atoms with Crippen LogP contribution in [0, 0.1) is 6.92 Å². The second-order valence-corrected chi connectivity index (χ2v) is 7.90. The van der Waals surface area contributed by atoms with Gasteiger partial charge in [-0.25, -0.2) is 0 Å². The first kappa shape index (κ1) is 24.7. The molecule has 6 nitrogen and oxygen atoms in total. The van der Waals surface area contributed by atoms with Crippen molar-refractivity contribution >= 4 is 11.9 Å². The summed E-state index contributed by atoms with van der Waals surface area (Å²) >= 11 is 0. The second kappa shape index (κ2) is 13.7. The molecule has 0 aliphatic rings. The van der Waals surface area contributed by atoms with E-state index in [1.165, 1.54) is 10.5 Å². The maximum Gasteiger partial charge on any atom is 0.305 e. The van der Waals surface area contributed by atoms with Crippen molar-refractivity contribution in [2.45, 2.75) is 53.0 Å². The van der Waals surface area contributed by atoms with Gasteiger partial charge in [0, 0.05) is 13.0 Å². The number of rotatable bonds is 14. The summed E-state index contributed by atoms with van der Waals surface area (Å²) in [6, 6.07) is 14.1. The molecule has 1 amide bonds. The van der Waals surface area contributed by atoms with E-state index in [1.54, 1.807) is 0 Å². The number of ether oxygens (including phenoxy) is 1. The molecular weight excluding hydrogens is 392 g/mol. The van der Waals surface area contributed by atoms with Crippen molar-refractivity contribution in [3.63, 3.8) is 0 Å². The maximum absolute atomic E-state index is 13.2. The van der Waals surface area contributed by atoms with Gasteiger partial charge in [0.2, 0.25) is 0 Å². The quantitative estimate of drug-likeness (QED) is 0.469. The third-order valence-corrected chi connectivity index (χ3v) is 5.23. The Balaban J connectivity index is 1.97. The summed E-state index contributed by atoms with van der Waals surface area (Å²) in [5.41, 5.74) is 1.21. The average Bonchev–Trinajstić information content (AvgIpc) is 3.16. The predicted octanol–water partition coefficient (Wildman–Crippen LogP) is 2.80. The number of furan rings is 1. The van der Waals surface area contributed by atoms with Crippen molar-refractivity contribution in [3.05, 3.63) is 59.5 Å². The number of esters is 1. The molecule has 2 aromatic rings. The molecule has 0 aliphatic heterocycles. The van der Waals surface area contributed by atoms with Crippen LogP contribution in [-0.4, -0.2) is 49.6 Å². The number of benzene rings is 1. The fraction of sp³-hybridized carbons (Fsp3) is 0.520. The highest BCUT2D eigenvalue weighted by Crippen LogP contribution is 2.11. The zero-order chi connectivity index (χ0) is 22.5. The Morgan fingerprint density at radius 1 is 1.06 bits per heavy atom. The number of nitrogens with zero attached hydrogens (tertiary/aromatic N) is 1. The van der Waals surface area contributed by atoms with E-state index in [4.69, 9.17) is 9.15 Å². The standard InChI is InChI=1S/C25H36N2O4/c1-4-16-26(17-9-12-25(29)30-5-2)20-24(28)27(19-23-14-13-21(3)31-23)18-15-22-10-7-6-8-11-22/h6-8,10-11,13-14H,4-5,9,12,15-20H2,1-3H3/p+1. The molecule has 31 heavy (non-hydrogen) atoms. The highest BCUT2D eigenvalue weighted by molar-refractivity contribution is 5.77. The summed E-state index contributed by atoms with van der Waals surface area (Å²) in [7, 11) is 0. The van der Waals surface area contributed by atoms with Crippen molar-refractivity contribution in [2.24, 2.45) is 0 Å². The van der Waals surface area contributed by atoms with Gasteiger partial charge < -0.3 is 19.0 Å². The van der Waals surface area contributed by atoms with Gasteiger partial charge in [0.15, 0.2) is 6.54 Å². The number of hydrogen-bond acceptors (Lipinski definition) is 4. The van der Waals surface area contributed by atoms with E-state index in [1.807, 2.05) is 49.1 Å². The molecule has 0 spiro atoms. The lowest BCUT2D eigenvalue weighted by Gasteiger charge is -2.25. The van der Waals surface area contributed by atoms with Crippen LogP contribution in [0.4, 0.5) is 0 Å². The smallest absolute Gasteiger partial charge is 0.305 e. The Labute approximate surface area is 186 Å². The third-order valence-electron chi connectivity index (χ3n) is 5.23. The number of quaternary nitrogens is 1. The molecule has 1 unspecified atom stereocenters. The molecule has 2 rings (SSSR count). The van der Waals surface area contributed by atoms with Gasteiger partial charge >= 0.3 is 5.97 Å². The fourth-order valence-corrected chi connectivity index (χ4v) is 3.66. The van der Waals surface area contributed by atoms with Crippen molar-refractivity contribution in [3.8, 4) is 0 Å². The molecule has 0 bridgehead atoms. The van der Waals surface area contributed by atoms with Crippen LogP contribution >= 0.6 is 0 Å². The lowest BCUT2D eigenvalue weighted by atomic mass is 10.1. The number of nitrogens with one attached hydrogen (secondary N) is 1. The SMILES string of the molecule is CCC[NH+](CCCC(=O)OCC)CC(=O)N(CCc1ccccc1)Cc1ccc(C)o1. The molecule has 170 valence electrons. The van der Waals surface area contributed by atoms with E-state index >= 15 is 0 Å². The topological polar surface area (TPSA) is 64.2 Å². The molecule has 1 heterocycles. The molecule has 0 aliphatic carbocycles. The number of carbonyl (C=O) groups is 2. The van der Waals surface area contributed by atoms with Gasteiger partial charge in [0.1, 0.15) is 11.5 Å². The lowest BCUT2D eigenvalue weighted by molar-refractivity contribution is -0.892. The second-order valence-electron chi connectivity index (χ2n) is 7.90. The van der Waals surface area contributed by atoms with Gasteiger partial charge in [-0.05, 0) is 44.4 Å². The lowest BCUT2D eigenvalue weighted by Crippen LogP contribution is -3.13. The molecule has 1 aromatic carbocycles. The van der Waals surface area contributed by atoms with Gasteiger partial charge in [-0.3, -0.25) is 9.59 Å². The number of hydrogen-bond donors (Lipinski definition) is 1. The van der Waals surface area contributed by atoms with Crippen molar-refractivity contribution in [1.82, 2.24) is 4.90 Å². The molecule has 1 aromatic heterocycles. The van der Waals surface area contributed by atoms with Crippen LogP contribution in [-0.2, 0) is 27.3 Å². The third kappa shape index (κ3) is 9.39. The predicted molar refractivity (Wildman–Crippen MR) is 121 cm³/mol. The Morgan fingerprint density at radius 2 is 1.84 bits per heavy atom. The van der Waals surface area contributed by atoms with Crippen LogP contribution in [0.2, 0.25) is 0 Å². The summed E-state index contributed by atoms with van der Waals surface area (Å²) < 4.78 is 10.7. The summed E-state index contributed by atoms with van der Waals surface area (Å²) in [5.74, 6) is 1.60. The van der Waals surface area contributed by atoms with Gasteiger partial charge in [0.25, 0.3) is 5.91 Å². The van der Waals surface area contributed by atoms with E-state index in [9.17, 15) is 9.59 Å². The maximum atomic E-state index is 13.2. The summed E-state index contributed by atoms with van der Waals surface area (Å²) in [6.45, 7) is 9.48. The van der Waals surface area contributed by atoms with Crippen LogP contribution < -0.4 is 4.90 Å². The first-order valence-electron chi connectivity index (χ1n) is 11.4. The minimum Gasteiger partial charge on any atom is -0.466 e. The molecule has 0 fully saturated rings. The molecule has 1 N–H and O–H groups in total. The van der Waals surface area contributed by atoms with E-state index < -0.39 is 0 Å². The zero-order valence-electron chi connectivity index (χ0n) is 19.2. The highest BCUT2D eigenvalue weighted by Gasteiger charge is 2.21. The van der Waals surface area contributed by atoms with E-state index in [0.29, 0.717) is 32.7 Å². The number of aryl methyl sites for hydroxylation is 1. The molecule has 0 radical (unpaired) electrons. The molecule has 0 saturated heterocycles. The summed E-state index contributed by atoms with van der Waals surface area (Å²) in [4.78, 5) is 28.0. The monoisotopic (exact) mass is 429 g/mol. The minimum atomic E-state index is -0.164. The first-order chi connectivity index (χ1) is 15.0. The normalized spacial score (nSPS) is 11.8. The van der Waals surface area contributed by atoms with E-state index in [0.717, 1.165) is 43.9 Å². The number of amides is 1. The molecule has 6 heteroatoms. The van der Waals surface area contributed by atoms with E-state index in [2.05, 4.69) is 19.1 Å². The van der Waals surface area contributed by atoms with Crippen LogP contribution in [0.3, 0.4) is 0 Å². The molecule has 0 saturated carbocycles. The summed E-state index contributed by atoms with van der Waals surface area (Å²) in [6.07, 6.45) is 2.92. The van der Waals surface area contributed by atoms with Crippen LogP contribution in [0.1, 0.15) is 50.2 Å². The van der Waals surface area contributed by atoms with Crippen molar-refractivity contribution in [2.75, 3.05) is 32.8 Å². The fourth-order valence-electron chi connectivity index (χ4n) is 3.66. The summed E-state index contributed by atoms with van der Waals surface area (Å²) in [5, 5.41) is 0. The highest BCUT2D eigenvalue weighted by atomic mass is 16.5. The van der Waals surface area contributed by atoms with Gasteiger partial charge in [-0.2, -0.15) is 0 Å². The van der Waals surface area contributed by atoms with E-state index in [-0.39, 0.29) is 11.9 Å². The Hall–Kier alpha value is -2.60. The zero-order valence-corrected chi connectivity index (χ0v) is 19.2. The van der Waals surface area contributed by atoms with Crippen molar-refractivity contribution in [1.29, 1.82) is 0 Å².